The number of hydrogen-bond acceptors (Lipinski definition) is 3. The number of nitrogens with zero attached hydrogens (tertiary/aromatic N) is 1. The quantitative estimate of drug-likeness (QED) is 0.665. The SMILES string of the molecule is CC(C(=O)Nc1cccc2c(=O)n(C[C@@H]3CCCN3)ccc12)c1ccc(Cl)cc1. The molecule has 1 fully saturated rings. The second kappa shape index (κ2) is 8.39. The molecule has 150 valence electrons. The topological polar surface area (TPSA) is 63.1 Å². The lowest BCUT2D eigenvalue weighted by atomic mass is 10.00. The summed E-state index contributed by atoms with van der Waals surface area (Å²) in [5, 5.41) is 8.42. The van der Waals surface area contributed by atoms with Crippen molar-refractivity contribution < 1.29 is 4.79 Å². The van der Waals surface area contributed by atoms with Gasteiger partial charge in [-0.2, -0.15) is 0 Å². The first-order valence-corrected chi connectivity index (χ1v) is 10.3. The molecule has 6 heteroatoms. The van der Waals surface area contributed by atoms with Crippen LogP contribution in [0.2, 0.25) is 5.02 Å². The second-order valence-electron chi connectivity index (χ2n) is 7.60. The Bertz CT molecular complexity index is 1090. The molecular formula is C23H24ClN3O2. The Kier molecular flexibility index (Phi) is 5.69. The van der Waals surface area contributed by atoms with Crippen LogP contribution in [-0.4, -0.2) is 23.1 Å². The van der Waals surface area contributed by atoms with Crippen molar-refractivity contribution in [2.75, 3.05) is 11.9 Å². The minimum atomic E-state index is -0.337. The Morgan fingerprint density at radius 2 is 2.00 bits per heavy atom. The van der Waals surface area contributed by atoms with Gasteiger partial charge >= 0.3 is 0 Å². The molecule has 0 saturated carbocycles. The molecule has 2 atom stereocenters. The molecule has 3 aromatic rings. The first kappa shape index (κ1) is 19.7. The number of fused-ring (bicyclic) bond motifs is 1. The first-order chi connectivity index (χ1) is 14.0. The maximum Gasteiger partial charge on any atom is 0.258 e. The van der Waals surface area contributed by atoms with Gasteiger partial charge in [0.25, 0.3) is 5.56 Å². The number of pyridine rings is 1. The Morgan fingerprint density at radius 3 is 2.72 bits per heavy atom. The summed E-state index contributed by atoms with van der Waals surface area (Å²) < 4.78 is 1.76. The summed E-state index contributed by atoms with van der Waals surface area (Å²) in [6.07, 6.45) is 4.06. The minimum absolute atomic E-state index is 0.0296. The molecule has 5 nitrogen and oxygen atoms in total. The highest BCUT2D eigenvalue weighted by molar-refractivity contribution is 6.30. The Labute approximate surface area is 174 Å². The van der Waals surface area contributed by atoms with Gasteiger partial charge in [0.15, 0.2) is 0 Å². The number of anilines is 1. The number of halogens is 1. The average Bonchev–Trinajstić information content (AvgIpc) is 3.24. The summed E-state index contributed by atoms with van der Waals surface area (Å²) in [5.74, 6) is -0.463. The van der Waals surface area contributed by atoms with E-state index in [1.165, 1.54) is 0 Å². The molecule has 29 heavy (non-hydrogen) atoms. The van der Waals surface area contributed by atoms with Crippen LogP contribution >= 0.6 is 11.6 Å². The molecule has 1 aliphatic rings. The van der Waals surface area contributed by atoms with E-state index in [4.69, 9.17) is 11.6 Å². The first-order valence-electron chi connectivity index (χ1n) is 9.95. The number of aromatic nitrogens is 1. The van der Waals surface area contributed by atoms with E-state index in [1.807, 2.05) is 49.5 Å². The zero-order valence-corrected chi connectivity index (χ0v) is 17.1. The lowest BCUT2D eigenvalue weighted by molar-refractivity contribution is -0.117. The van der Waals surface area contributed by atoms with E-state index in [1.54, 1.807) is 16.7 Å². The lowest BCUT2D eigenvalue weighted by Crippen LogP contribution is -2.32. The fraction of sp³-hybridized carbons (Fsp3) is 0.304. The highest BCUT2D eigenvalue weighted by Gasteiger charge is 2.18. The van der Waals surface area contributed by atoms with E-state index in [0.717, 1.165) is 30.3 Å². The van der Waals surface area contributed by atoms with Crippen LogP contribution in [0.25, 0.3) is 10.8 Å². The van der Waals surface area contributed by atoms with Crippen LogP contribution in [-0.2, 0) is 11.3 Å². The predicted molar refractivity (Wildman–Crippen MR) is 118 cm³/mol. The van der Waals surface area contributed by atoms with Gasteiger partial charge in [-0.15, -0.1) is 0 Å². The Balaban J connectivity index is 1.59. The van der Waals surface area contributed by atoms with Crippen molar-refractivity contribution >= 4 is 34.0 Å². The molecule has 1 aliphatic heterocycles. The molecule has 1 amide bonds. The standard InChI is InChI=1S/C23H24ClN3O2/c1-15(16-7-9-17(24)10-8-16)22(28)26-21-6-2-5-20-19(21)11-13-27(23(20)29)14-18-4-3-12-25-18/h2,5-11,13,15,18,25H,3-4,12,14H2,1H3,(H,26,28)/t15?,18-/m0/s1. The van der Waals surface area contributed by atoms with Crippen LogP contribution in [0.5, 0.6) is 0 Å². The third kappa shape index (κ3) is 4.21. The number of hydrogen-bond donors (Lipinski definition) is 2. The van der Waals surface area contributed by atoms with Gasteiger partial charge in [-0.3, -0.25) is 9.59 Å². The normalized spacial score (nSPS) is 17.4. The number of amides is 1. The fourth-order valence-electron chi connectivity index (χ4n) is 3.86. The van der Waals surface area contributed by atoms with Crippen molar-refractivity contribution in [1.82, 2.24) is 9.88 Å². The van der Waals surface area contributed by atoms with E-state index < -0.39 is 0 Å². The van der Waals surface area contributed by atoms with Crippen molar-refractivity contribution in [3.8, 4) is 0 Å². The molecule has 2 N–H and O–H groups in total. The molecule has 0 spiro atoms. The van der Waals surface area contributed by atoms with Crippen LogP contribution in [0.4, 0.5) is 5.69 Å². The number of rotatable bonds is 5. The number of benzene rings is 2. The van der Waals surface area contributed by atoms with Crippen molar-refractivity contribution in [1.29, 1.82) is 0 Å². The van der Waals surface area contributed by atoms with Crippen molar-refractivity contribution in [3.63, 3.8) is 0 Å². The summed E-state index contributed by atoms with van der Waals surface area (Å²) in [7, 11) is 0. The van der Waals surface area contributed by atoms with Gasteiger partial charge in [0, 0.05) is 40.3 Å². The van der Waals surface area contributed by atoms with Crippen LogP contribution in [0, 0.1) is 0 Å². The molecule has 1 unspecified atom stereocenters. The van der Waals surface area contributed by atoms with Crippen molar-refractivity contribution in [2.45, 2.75) is 38.3 Å². The average molecular weight is 410 g/mol. The van der Waals surface area contributed by atoms with Gasteiger partial charge in [0.05, 0.1) is 5.92 Å². The number of carbonyl (C=O) groups is 1. The molecule has 0 bridgehead atoms. The summed E-state index contributed by atoms with van der Waals surface area (Å²) in [4.78, 5) is 25.7. The van der Waals surface area contributed by atoms with E-state index in [0.29, 0.717) is 28.7 Å². The van der Waals surface area contributed by atoms with Gasteiger partial charge in [0.2, 0.25) is 5.91 Å². The number of carbonyl (C=O) groups excluding carboxylic acids is 1. The van der Waals surface area contributed by atoms with Crippen molar-refractivity contribution in [2.24, 2.45) is 0 Å². The largest absolute Gasteiger partial charge is 0.325 e. The third-order valence-corrected chi connectivity index (χ3v) is 5.87. The maximum atomic E-state index is 13.0. The zero-order chi connectivity index (χ0) is 20.4. The Hall–Kier alpha value is -2.63. The fourth-order valence-corrected chi connectivity index (χ4v) is 3.99. The monoisotopic (exact) mass is 409 g/mol. The van der Waals surface area contributed by atoms with Gasteiger partial charge in [-0.25, -0.2) is 0 Å². The zero-order valence-electron chi connectivity index (χ0n) is 16.3. The summed E-state index contributed by atoms with van der Waals surface area (Å²) in [6, 6.07) is 15.0. The highest BCUT2D eigenvalue weighted by Crippen LogP contribution is 2.24. The van der Waals surface area contributed by atoms with Gasteiger partial charge < -0.3 is 15.2 Å². The predicted octanol–water partition coefficient (Wildman–Crippen LogP) is 4.15. The maximum absolute atomic E-state index is 13.0. The van der Waals surface area contributed by atoms with E-state index in [-0.39, 0.29) is 17.4 Å². The minimum Gasteiger partial charge on any atom is -0.325 e. The molecule has 0 radical (unpaired) electrons. The Morgan fingerprint density at radius 1 is 1.21 bits per heavy atom. The van der Waals surface area contributed by atoms with Crippen LogP contribution < -0.4 is 16.2 Å². The molecular weight excluding hydrogens is 386 g/mol. The van der Waals surface area contributed by atoms with Crippen molar-refractivity contribution in [3.05, 3.63) is 75.7 Å². The summed E-state index contributed by atoms with van der Waals surface area (Å²) in [6.45, 7) is 3.53. The molecule has 1 saturated heterocycles. The van der Waals surface area contributed by atoms with Gasteiger partial charge in [0.1, 0.15) is 0 Å². The number of nitrogens with one attached hydrogen (secondary N) is 2. The molecule has 0 aliphatic carbocycles. The van der Waals surface area contributed by atoms with E-state index >= 15 is 0 Å². The van der Waals surface area contributed by atoms with Gasteiger partial charge in [-0.05, 0) is 62.2 Å². The second-order valence-corrected chi connectivity index (χ2v) is 8.03. The van der Waals surface area contributed by atoms with Crippen LogP contribution in [0.1, 0.15) is 31.2 Å². The highest BCUT2D eigenvalue weighted by atomic mass is 35.5. The molecule has 1 aromatic heterocycles. The van der Waals surface area contributed by atoms with E-state index in [2.05, 4.69) is 10.6 Å². The molecule has 4 rings (SSSR count). The van der Waals surface area contributed by atoms with Crippen LogP contribution in [0.3, 0.4) is 0 Å². The molecule has 2 aromatic carbocycles. The third-order valence-electron chi connectivity index (χ3n) is 5.62. The van der Waals surface area contributed by atoms with E-state index in [9.17, 15) is 9.59 Å². The summed E-state index contributed by atoms with van der Waals surface area (Å²) in [5.41, 5.74) is 1.51. The lowest BCUT2D eigenvalue weighted by Gasteiger charge is -2.16. The van der Waals surface area contributed by atoms with Crippen LogP contribution in [0.15, 0.2) is 59.5 Å². The van der Waals surface area contributed by atoms with Gasteiger partial charge in [-0.1, -0.05) is 29.8 Å². The molecule has 2 heterocycles. The summed E-state index contributed by atoms with van der Waals surface area (Å²) >= 11 is 5.94. The smallest absolute Gasteiger partial charge is 0.258 e.